The second-order valence-electron chi connectivity index (χ2n) is 5.96. The number of carbonyl (C=O) groups is 1. The van der Waals surface area contributed by atoms with Gasteiger partial charge in [-0.1, -0.05) is 24.6 Å². The van der Waals surface area contributed by atoms with Gasteiger partial charge in [-0.2, -0.15) is 4.31 Å². The van der Waals surface area contributed by atoms with Gasteiger partial charge in [-0.3, -0.25) is 4.79 Å². The van der Waals surface area contributed by atoms with Gasteiger partial charge in [0.1, 0.15) is 5.78 Å². The lowest BCUT2D eigenvalue weighted by Gasteiger charge is -2.32. The molecule has 1 aromatic rings. The summed E-state index contributed by atoms with van der Waals surface area (Å²) >= 11 is 0. The summed E-state index contributed by atoms with van der Waals surface area (Å²) in [6.45, 7) is 0.533. The van der Waals surface area contributed by atoms with Gasteiger partial charge in [0.2, 0.25) is 10.0 Å². The summed E-state index contributed by atoms with van der Waals surface area (Å²) in [6.07, 6.45) is 5.09. The Hall–Kier alpha value is -1.20. The molecule has 5 heteroatoms. The molecule has 2 unspecified atom stereocenters. The summed E-state index contributed by atoms with van der Waals surface area (Å²) in [6, 6.07) is 8.42. The Labute approximate surface area is 126 Å². The van der Waals surface area contributed by atoms with Crippen LogP contribution in [-0.2, 0) is 14.8 Å². The molecule has 114 valence electrons. The average Bonchev–Trinajstić information content (AvgIpc) is 2.99. The summed E-state index contributed by atoms with van der Waals surface area (Å²) in [5, 5.41) is 0. The van der Waals surface area contributed by atoms with Gasteiger partial charge in [-0.05, 0) is 37.8 Å². The molecule has 1 saturated heterocycles. The molecular weight excluding hydrogens is 286 g/mol. The lowest BCUT2D eigenvalue weighted by Crippen LogP contribution is -2.43. The maximum atomic E-state index is 12.8. The molecule has 0 bridgehead atoms. The first-order valence-electron chi connectivity index (χ1n) is 7.70. The average molecular weight is 307 g/mol. The Morgan fingerprint density at radius 2 is 1.76 bits per heavy atom. The van der Waals surface area contributed by atoms with Crippen LogP contribution in [0.5, 0.6) is 0 Å². The monoisotopic (exact) mass is 307 g/mol. The van der Waals surface area contributed by atoms with Crippen molar-refractivity contribution in [3.8, 4) is 0 Å². The molecule has 0 N–H and O–H groups in total. The minimum atomic E-state index is -3.48. The highest BCUT2D eigenvalue weighted by Crippen LogP contribution is 2.35. The first kappa shape index (κ1) is 14.7. The SMILES string of the molecule is O=C1CCCCC1C1CCCN1S(=O)(=O)c1ccccc1. The van der Waals surface area contributed by atoms with Crippen LogP contribution in [0.15, 0.2) is 35.2 Å². The van der Waals surface area contributed by atoms with Crippen LogP contribution >= 0.6 is 0 Å². The van der Waals surface area contributed by atoms with E-state index in [2.05, 4.69) is 0 Å². The standard InChI is InChI=1S/C16H21NO3S/c18-16-11-5-4-9-14(16)15-10-6-12-17(15)21(19,20)13-7-2-1-3-8-13/h1-3,7-8,14-15H,4-6,9-12H2. The smallest absolute Gasteiger partial charge is 0.243 e. The lowest BCUT2D eigenvalue weighted by molar-refractivity contribution is -0.126. The Morgan fingerprint density at radius 1 is 1.00 bits per heavy atom. The van der Waals surface area contributed by atoms with Crippen LogP contribution in [0, 0.1) is 5.92 Å². The summed E-state index contributed by atoms with van der Waals surface area (Å²) in [7, 11) is -3.48. The zero-order valence-electron chi connectivity index (χ0n) is 12.1. The molecule has 0 aromatic heterocycles. The van der Waals surface area contributed by atoms with Crippen molar-refractivity contribution in [3.63, 3.8) is 0 Å². The van der Waals surface area contributed by atoms with E-state index in [1.165, 1.54) is 0 Å². The number of hydrogen-bond acceptors (Lipinski definition) is 3. The molecule has 2 atom stereocenters. The molecule has 2 fully saturated rings. The Balaban J connectivity index is 1.88. The van der Waals surface area contributed by atoms with Gasteiger partial charge in [-0.15, -0.1) is 0 Å². The lowest BCUT2D eigenvalue weighted by atomic mass is 9.82. The van der Waals surface area contributed by atoms with Crippen molar-refractivity contribution in [3.05, 3.63) is 30.3 Å². The molecular formula is C16H21NO3S. The van der Waals surface area contributed by atoms with E-state index in [1.807, 2.05) is 6.07 Å². The third kappa shape index (κ3) is 2.77. The van der Waals surface area contributed by atoms with E-state index in [9.17, 15) is 13.2 Å². The van der Waals surface area contributed by atoms with Crippen LogP contribution in [0.25, 0.3) is 0 Å². The van der Waals surface area contributed by atoms with Gasteiger partial charge in [-0.25, -0.2) is 8.42 Å². The maximum Gasteiger partial charge on any atom is 0.243 e. The minimum absolute atomic E-state index is 0.0975. The number of rotatable bonds is 3. The molecule has 1 aliphatic carbocycles. The third-order valence-electron chi connectivity index (χ3n) is 4.66. The number of benzene rings is 1. The Kier molecular flexibility index (Phi) is 4.13. The van der Waals surface area contributed by atoms with Gasteiger partial charge >= 0.3 is 0 Å². The Morgan fingerprint density at radius 3 is 2.48 bits per heavy atom. The molecule has 0 amide bonds. The quantitative estimate of drug-likeness (QED) is 0.862. The van der Waals surface area contributed by atoms with Crippen molar-refractivity contribution < 1.29 is 13.2 Å². The van der Waals surface area contributed by atoms with Crippen LogP contribution in [0.1, 0.15) is 38.5 Å². The summed E-state index contributed by atoms with van der Waals surface area (Å²) in [5.74, 6) is 0.154. The molecule has 21 heavy (non-hydrogen) atoms. The Bertz CT molecular complexity index is 612. The van der Waals surface area contributed by atoms with Crippen molar-refractivity contribution in [1.82, 2.24) is 4.31 Å². The van der Waals surface area contributed by atoms with Crippen LogP contribution < -0.4 is 0 Å². The number of nitrogens with zero attached hydrogens (tertiary/aromatic N) is 1. The fourth-order valence-electron chi connectivity index (χ4n) is 3.61. The van der Waals surface area contributed by atoms with Gasteiger partial charge < -0.3 is 0 Å². The van der Waals surface area contributed by atoms with E-state index in [0.29, 0.717) is 17.9 Å². The van der Waals surface area contributed by atoms with Crippen LogP contribution in [0.2, 0.25) is 0 Å². The van der Waals surface area contributed by atoms with E-state index in [4.69, 9.17) is 0 Å². The second kappa shape index (κ2) is 5.89. The fourth-order valence-corrected chi connectivity index (χ4v) is 5.36. The second-order valence-corrected chi connectivity index (χ2v) is 7.85. The molecule has 2 aliphatic rings. The predicted molar refractivity (Wildman–Crippen MR) is 80.3 cm³/mol. The topological polar surface area (TPSA) is 54.5 Å². The molecule has 3 rings (SSSR count). The number of hydrogen-bond donors (Lipinski definition) is 0. The van der Waals surface area contributed by atoms with Crippen molar-refractivity contribution in [2.45, 2.75) is 49.5 Å². The molecule has 1 aliphatic heterocycles. The number of ketones is 1. The van der Waals surface area contributed by atoms with E-state index in [-0.39, 0.29) is 17.7 Å². The summed E-state index contributed by atoms with van der Waals surface area (Å²) in [4.78, 5) is 12.5. The first-order valence-corrected chi connectivity index (χ1v) is 9.14. The molecule has 1 heterocycles. The molecule has 0 radical (unpaired) electrons. The van der Waals surface area contributed by atoms with Gasteiger partial charge in [0, 0.05) is 24.9 Å². The predicted octanol–water partition coefficient (Wildman–Crippen LogP) is 2.60. The summed E-state index contributed by atoms with van der Waals surface area (Å²) < 4.78 is 27.2. The van der Waals surface area contributed by atoms with Gasteiger partial charge in [0.15, 0.2) is 0 Å². The maximum absolute atomic E-state index is 12.8. The molecule has 0 spiro atoms. The number of carbonyl (C=O) groups excluding carboxylic acids is 1. The highest BCUT2D eigenvalue weighted by Gasteiger charge is 2.42. The van der Waals surface area contributed by atoms with Crippen LogP contribution in [-0.4, -0.2) is 31.1 Å². The molecule has 4 nitrogen and oxygen atoms in total. The van der Waals surface area contributed by atoms with E-state index in [1.54, 1.807) is 28.6 Å². The zero-order valence-corrected chi connectivity index (χ0v) is 12.9. The van der Waals surface area contributed by atoms with Crippen molar-refractivity contribution >= 4 is 15.8 Å². The molecule has 1 saturated carbocycles. The zero-order chi connectivity index (χ0) is 14.9. The van der Waals surface area contributed by atoms with Crippen LogP contribution in [0.4, 0.5) is 0 Å². The first-order chi connectivity index (χ1) is 10.1. The van der Waals surface area contributed by atoms with Crippen LogP contribution in [0.3, 0.4) is 0 Å². The van der Waals surface area contributed by atoms with Crippen molar-refractivity contribution in [1.29, 1.82) is 0 Å². The fraction of sp³-hybridized carbons (Fsp3) is 0.562. The minimum Gasteiger partial charge on any atom is -0.299 e. The van der Waals surface area contributed by atoms with E-state index >= 15 is 0 Å². The normalized spacial score (nSPS) is 27.9. The number of sulfonamides is 1. The van der Waals surface area contributed by atoms with Gasteiger partial charge in [0.05, 0.1) is 4.90 Å². The largest absolute Gasteiger partial charge is 0.299 e. The van der Waals surface area contributed by atoms with Crippen molar-refractivity contribution in [2.75, 3.05) is 6.54 Å². The van der Waals surface area contributed by atoms with E-state index in [0.717, 1.165) is 32.1 Å². The van der Waals surface area contributed by atoms with Gasteiger partial charge in [0.25, 0.3) is 0 Å². The van der Waals surface area contributed by atoms with Crippen molar-refractivity contribution in [2.24, 2.45) is 5.92 Å². The highest BCUT2D eigenvalue weighted by molar-refractivity contribution is 7.89. The number of Topliss-reactive ketones (excluding diaryl/α,β-unsaturated/α-hetero) is 1. The molecule has 1 aromatic carbocycles. The van der Waals surface area contributed by atoms with E-state index < -0.39 is 10.0 Å². The highest BCUT2D eigenvalue weighted by atomic mass is 32.2. The summed E-state index contributed by atoms with van der Waals surface area (Å²) in [5.41, 5.74) is 0. The third-order valence-corrected chi connectivity index (χ3v) is 6.60.